The van der Waals surface area contributed by atoms with Crippen molar-refractivity contribution in [2.75, 3.05) is 11.9 Å². The highest BCUT2D eigenvalue weighted by atomic mass is 79.9. The van der Waals surface area contributed by atoms with Crippen molar-refractivity contribution < 1.29 is 8.78 Å². The Hall–Kier alpha value is -0.230. The molecule has 0 spiro atoms. The van der Waals surface area contributed by atoms with Crippen molar-refractivity contribution in [1.29, 1.82) is 0 Å². The maximum absolute atomic E-state index is 11.8. The van der Waals surface area contributed by atoms with Crippen LogP contribution in [0.1, 0.15) is 0 Å². The molecule has 1 N–H and O–H groups in total. The standard InChI is InChI=1S/C7H6Br2F2N2/c8-4-1-5(9)7(12-2-4)13-3-6(10)11/h1-2,6H,3H2,(H,12,13). The van der Waals surface area contributed by atoms with Gasteiger partial charge in [-0.2, -0.15) is 0 Å². The van der Waals surface area contributed by atoms with Crippen LogP contribution in [-0.4, -0.2) is 18.0 Å². The molecule has 0 amide bonds. The number of halogens is 4. The number of alkyl halides is 2. The second-order valence-electron chi connectivity index (χ2n) is 2.26. The molecule has 0 radical (unpaired) electrons. The number of rotatable bonds is 3. The summed E-state index contributed by atoms with van der Waals surface area (Å²) in [6, 6.07) is 1.74. The molecule has 0 unspecified atom stereocenters. The quantitative estimate of drug-likeness (QED) is 0.926. The third-order valence-corrected chi connectivity index (χ3v) is 2.27. The Morgan fingerprint density at radius 3 is 2.69 bits per heavy atom. The predicted octanol–water partition coefficient (Wildman–Crippen LogP) is 3.28. The molecule has 0 aliphatic rings. The van der Waals surface area contributed by atoms with Crippen LogP contribution in [0.3, 0.4) is 0 Å². The van der Waals surface area contributed by atoms with Gasteiger partial charge < -0.3 is 5.32 Å². The summed E-state index contributed by atoms with van der Waals surface area (Å²) in [4.78, 5) is 3.91. The summed E-state index contributed by atoms with van der Waals surface area (Å²) in [6.45, 7) is -0.396. The fraction of sp³-hybridized carbons (Fsp3) is 0.286. The van der Waals surface area contributed by atoms with Crippen molar-refractivity contribution in [2.24, 2.45) is 0 Å². The van der Waals surface area contributed by atoms with E-state index in [2.05, 4.69) is 42.2 Å². The van der Waals surface area contributed by atoms with E-state index in [4.69, 9.17) is 0 Å². The van der Waals surface area contributed by atoms with Gasteiger partial charge in [0.2, 0.25) is 0 Å². The van der Waals surface area contributed by atoms with Crippen LogP contribution < -0.4 is 5.32 Å². The van der Waals surface area contributed by atoms with Gasteiger partial charge in [0.15, 0.2) is 0 Å². The Labute approximate surface area is 91.0 Å². The monoisotopic (exact) mass is 314 g/mol. The van der Waals surface area contributed by atoms with Crippen LogP contribution in [0.25, 0.3) is 0 Å². The normalized spacial score (nSPS) is 10.5. The van der Waals surface area contributed by atoms with E-state index in [1.807, 2.05) is 0 Å². The molecule has 0 aromatic carbocycles. The maximum Gasteiger partial charge on any atom is 0.255 e. The molecule has 0 bridgehead atoms. The Balaban J connectivity index is 2.67. The fourth-order valence-electron chi connectivity index (χ4n) is 0.718. The molecule has 1 aromatic rings. The van der Waals surface area contributed by atoms with E-state index in [-0.39, 0.29) is 0 Å². The molecule has 72 valence electrons. The third kappa shape index (κ3) is 3.56. The van der Waals surface area contributed by atoms with E-state index in [1.54, 1.807) is 12.3 Å². The lowest BCUT2D eigenvalue weighted by Crippen LogP contribution is -2.11. The summed E-state index contributed by atoms with van der Waals surface area (Å²) in [5.41, 5.74) is 0. The Kier molecular flexibility index (Phi) is 4.05. The first-order chi connectivity index (χ1) is 6.09. The van der Waals surface area contributed by atoms with Crippen LogP contribution in [0, 0.1) is 0 Å². The molecule has 0 aliphatic heterocycles. The highest BCUT2D eigenvalue weighted by molar-refractivity contribution is 9.11. The molecular formula is C7H6Br2F2N2. The van der Waals surface area contributed by atoms with E-state index in [9.17, 15) is 8.78 Å². The zero-order valence-corrected chi connectivity index (χ0v) is 9.57. The molecule has 2 nitrogen and oxygen atoms in total. The number of anilines is 1. The van der Waals surface area contributed by atoms with Crippen molar-refractivity contribution in [2.45, 2.75) is 6.43 Å². The number of nitrogens with one attached hydrogen (secondary N) is 1. The summed E-state index contributed by atoms with van der Waals surface area (Å²) in [5.74, 6) is 0.420. The lowest BCUT2D eigenvalue weighted by atomic mass is 10.4. The number of pyridine rings is 1. The van der Waals surface area contributed by atoms with Gasteiger partial charge in [-0.1, -0.05) is 0 Å². The van der Waals surface area contributed by atoms with Crippen molar-refractivity contribution in [3.05, 3.63) is 21.2 Å². The largest absolute Gasteiger partial charge is 0.363 e. The van der Waals surface area contributed by atoms with Crippen molar-refractivity contribution in [3.8, 4) is 0 Å². The zero-order valence-electron chi connectivity index (χ0n) is 6.40. The van der Waals surface area contributed by atoms with Gasteiger partial charge >= 0.3 is 0 Å². The average Bonchev–Trinajstić information content (AvgIpc) is 2.02. The Bertz CT molecular complexity index is 294. The smallest absolute Gasteiger partial charge is 0.255 e. The number of aromatic nitrogens is 1. The van der Waals surface area contributed by atoms with Crippen LogP contribution >= 0.6 is 31.9 Å². The molecule has 0 atom stereocenters. The fourth-order valence-corrected chi connectivity index (χ4v) is 1.85. The lowest BCUT2D eigenvalue weighted by molar-refractivity contribution is 0.163. The molecule has 6 heteroatoms. The first-order valence-electron chi connectivity index (χ1n) is 3.42. The first-order valence-corrected chi connectivity index (χ1v) is 5.01. The summed E-state index contributed by atoms with van der Waals surface area (Å²) in [7, 11) is 0. The van der Waals surface area contributed by atoms with Gasteiger partial charge in [0.25, 0.3) is 6.43 Å². The number of hydrogen-bond acceptors (Lipinski definition) is 2. The van der Waals surface area contributed by atoms with E-state index in [1.165, 1.54) is 0 Å². The summed E-state index contributed by atoms with van der Waals surface area (Å²) in [5, 5.41) is 2.51. The van der Waals surface area contributed by atoms with Gasteiger partial charge in [0.05, 0.1) is 11.0 Å². The molecule has 0 saturated carbocycles. The van der Waals surface area contributed by atoms with E-state index >= 15 is 0 Å². The van der Waals surface area contributed by atoms with Crippen LogP contribution in [0.5, 0.6) is 0 Å². The number of hydrogen-bond donors (Lipinski definition) is 1. The maximum atomic E-state index is 11.8. The minimum absolute atomic E-state index is 0.396. The van der Waals surface area contributed by atoms with Gasteiger partial charge in [-0.05, 0) is 37.9 Å². The van der Waals surface area contributed by atoms with Crippen molar-refractivity contribution >= 4 is 37.7 Å². The van der Waals surface area contributed by atoms with Gasteiger partial charge in [0.1, 0.15) is 5.82 Å². The first kappa shape index (κ1) is 10.8. The highest BCUT2D eigenvalue weighted by Gasteiger charge is 2.05. The molecule has 1 aromatic heterocycles. The summed E-state index contributed by atoms with van der Waals surface area (Å²) >= 11 is 6.41. The molecule has 13 heavy (non-hydrogen) atoms. The van der Waals surface area contributed by atoms with E-state index in [0.29, 0.717) is 10.3 Å². The van der Waals surface area contributed by atoms with E-state index < -0.39 is 13.0 Å². The summed E-state index contributed by atoms with van der Waals surface area (Å²) < 4.78 is 25.1. The molecule has 1 heterocycles. The molecule has 1 rings (SSSR count). The SMILES string of the molecule is FC(F)CNc1ncc(Br)cc1Br. The zero-order chi connectivity index (χ0) is 9.84. The van der Waals surface area contributed by atoms with Crippen LogP contribution in [-0.2, 0) is 0 Å². The van der Waals surface area contributed by atoms with Crippen LogP contribution in [0.2, 0.25) is 0 Å². The Morgan fingerprint density at radius 1 is 1.46 bits per heavy atom. The van der Waals surface area contributed by atoms with E-state index in [0.717, 1.165) is 4.47 Å². The summed E-state index contributed by atoms with van der Waals surface area (Å²) in [6.07, 6.45) is -0.837. The third-order valence-electron chi connectivity index (χ3n) is 1.23. The second kappa shape index (κ2) is 4.85. The minimum Gasteiger partial charge on any atom is -0.363 e. The minimum atomic E-state index is -2.38. The number of nitrogens with zero attached hydrogens (tertiary/aromatic N) is 1. The Morgan fingerprint density at radius 2 is 2.15 bits per heavy atom. The highest BCUT2D eigenvalue weighted by Crippen LogP contribution is 2.23. The van der Waals surface area contributed by atoms with Crippen molar-refractivity contribution in [3.63, 3.8) is 0 Å². The van der Waals surface area contributed by atoms with Gasteiger partial charge in [-0.15, -0.1) is 0 Å². The van der Waals surface area contributed by atoms with Gasteiger partial charge in [-0.3, -0.25) is 0 Å². The van der Waals surface area contributed by atoms with Gasteiger partial charge in [-0.25, -0.2) is 13.8 Å². The molecular weight excluding hydrogens is 310 g/mol. The van der Waals surface area contributed by atoms with Gasteiger partial charge in [0, 0.05) is 10.7 Å². The molecule has 0 fully saturated rings. The van der Waals surface area contributed by atoms with Crippen LogP contribution in [0.4, 0.5) is 14.6 Å². The molecule has 0 saturated heterocycles. The molecule has 0 aliphatic carbocycles. The predicted molar refractivity (Wildman–Crippen MR) is 54.1 cm³/mol. The lowest BCUT2D eigenvalue weighted by Gasteiger charge is -2.06. The average molecular weight is 316 g/mol. The van der Waals surface area contributed by atoms with Crippen molar-refractivity contribution in [1.82, 2.24) is 4.98 Å². The van der Waals surface area contributed by atoms with Crippen LogP contribution in [0.15, 0.2) is 21.2 Å². The second-order valence-corrected chi connectivity index (χ2v) is 4.03. The topological polar surface area (TPSA) is 24.9 Å².